The van der Waals surface area contributed by atoms with E-state index in [0.29, 0.717) is 6.42 Å². The molecule has 0 fully saturated rings. The summed E-state index contributed by atoms with van der Waals surface area (Å²) in [6.45, 7) is 3.50. The Morgan fingerprint density at radius 2 is 1.90 bits per heavy atom. The molecule has 0 aromatic heterocycles. The van der Waals surface area contributed by atoms with Crippen molar-refractivity contribution in [3.05, 3.63) is 58.4 Å². The number of hydrogen-bond donors (Lipinski definition) is 1. The van der Waals surface area contributed by atoms with Crippen molar-refractivity contribution in [1.82, 2.24) is 5.32 Å². The Morgan fingerprint density at radius 1 is 1.19 bits per heavy atom. The second-order valence-electron chi connectivity index (χ2n) is 5.73. The summed E-state index contributed by atoms with van der Waals surface area (Å²) in [7, 11) is 0. The van der Waals surface area contributed by atoms with Crippen molar-refractivity contribution in [3.63, 3.8) is 0 Å². The van der Waals surface area contributed by atoms with Crippen molar-refractivity contribution >= 4 is 11.6 Å². The first kappa shape index (κ1) is 13.8. The molecule has 1 atom stereocenters. The number of Topliss-reactive ketones (excluding diaryl/α,β-unsaturated/α-hetero) is 2. The van der Waals surface area contributed by atoms with Gasteiger partial charge in [0.15, 0.2) is 11.6 Å². The van der Waals surface area contributed by atoms with E-state index in [1.54, 1.807) is 6.92 Å². The van der Waals surface area contributed by atoms with Crippen molar-refractivity contribution in [1.29, 1.82) is 0 Å². The molecule has 1 unspecified atom stereocenters. The molecule has 0 bridgehead atoms. The first-order chi connectivity index (χ1) is 10.1. The lowest BCUT2D eigenvalue weighted by Gasteiger charge is -2.34. The molecule has 0 radical (unpaired) electrons. The second-order valence-corrected chi connectivity index (χ2v) is 5.73. The van der Waals surface area contributed by atoms with E-state index in [1.165, 1.54) is 0 Å². The number of benzene rings is 1. The maximum absolute atomic E-state index is 12.5. The standard InChI is InChI=1S/C18H19NO2/c1-11-16(12(2)20)17(13-7-4-3-5-8-13)18-14(19-11)9-6-10-15(18)21/h3-5,7-8,17,19H,6,9-10H2,1-2H3. The fourth-order valence-electron chi connectivity index (χ4n) is 3.43. The van der Waals surface area contributed by atoms with Crippen LogP contribution in [0.25, 0.3) is 0 Å². The van der Waals surface area contributed by atoms with Crippen LogP contribution >= 0.6 is 0 Å². The molecule has 108 valence electrons. The predicted molar refractivity (Wildman–Crippen MR) is 81.6 cm³/mol. The SMILES string of the molecule is CC(=O)C1=C(C)NC2=C(C(=O)CCC2)C1c1ccccc1. The van der Waals surface area contributed by atoms with Crippen molar-refractivity contribution in [3.8, 4) is 0 Å². The quantitative estimate of drug-likeness (QED) is 0.905. The van der Waals surface area contributed by atoms with E-state index in [4.69, 9.17) is 0 Å². The summed E-state index contributed by atoms with van der Waals surface area (Å²) in [5, 5.41) is 3.30. The lowest BCUT2D eigenvalue weighted by Crippen LogP contribution is -2.33. The van der Waals surface area contributed by atoms with Gasteiger partial charge in [-0.2, -0.15) is 0 Å². The molecule has 1 aromatic rings. The average molecular weight is 281 g/mol. The molecule has 1 aliphatic carbocycles. The number of carbonyl (C=O) groups is 2. The Kier molecular flexibility index (Phi) is 3.50. The van der Waals surface area contributed by atoms with Crippen LogP contribution in [0.15, 0.2) is 52.9 Å². The largest absolute Gasteiger partial charge is 0.362 e. The second kappa shape index (κ2) is 5.32. The highest BCUT2D eigenvalue weighted by atomic mass is 16.1. The Hall–Kier alpha value is -2.16. The number of rotatable bonds is 2. The van der Waals surface area contributed by atoms with Gasteiger partial charge < -0.3 is 5.32 Å². The summed E-state index contributed by atoms with van der Waals surface area (Å²) in [6.07, 6.45) is 2.34. The zero-order valence-corrected chi connectivity index (χ0v) is 12.4. The smallest absolute Gasteiger partial charge is 0.161 e. The summed E-state index contributed by atoms with van der Waals surface area (Å²) in [6, 6.07) is 9.86. The van der Waals surface area contributed by atoms with Crippen molar-refractivity contribution in [2.45, 2.75) is 39.0 Å². The molecule has 1 aliphatic heterocycles. The molecular weight excluding hydrogens is 262 g/mol. The van der Waals surface area contributed by atoms with E-state index in [0.717, 1.165) is 40.9 Å². The minimum Gasteiger partial charge on any atom is -0.362 e. The van der Waals surface area contributed by atoms with Gasteiger partial charge in [-0.05, 0) is 32.3 Å². The molecule has 0 spiro atoms. The minimum atomic E-state index is -0.215. The third-order valence-corrected chi connectivity index (χ3v) is 4.29. The predicted octanol–water partition coefficient (Wildman–Crippen LogP) is 3.24. The summed E-state index contributed by atoms with van der Waals surface area (Å²) in [5.41, 5.74) is 4.41. The number of ketones is 2. The molecule has 0 saturated carbocycles. The van der Waals surface area contributed by atoms with E-state index in [9.17, 15) is 9.59 Å². The fraction of sp³-hybridized carbons (Fsp3) is 0.333. The van der Waals surface area contributed by atoms with Crippen LogP contribution in [0.3, 0.4) is 0 Å². The number of hydrogen-bond acceptors (Lipinski definition) is 3. The molecule has 21 heavy (non-hydrogen) atoms. The number of nitrogens with one attached hydrogen (secondary N) is 1. The Morgan fingerprint density at radius 3 is 2.57 bits per heavy atom. The zero-order valence-electron chi connectivity index (χ0n) is 12.4. The zero-order chi connectivity index (χ0) is 15.0. The third kappa shape index (κ3) is 2.33. The van der Waals surface area contributed by atoms with Gasteiger partial charge in [-0.1, -0.05) is 30.3 Å². The maximum Gasteiger partial charge on any atom is 0.161 e. The van der Waals surface area contributed by atoms with Crippen LogP contribution in [0.4, 0.5) is 0 Å². The van der Waals surface area contributed by atoms with Gasteiger partial charge in [0.25, 0.3) is 0 Å². The van der Waals surface area contributed by atoms with Gasteiger partial charge in [0.1, 0.15) is 0 Å². The van der Waals surface area contributed by atoms with Crippen LogP contribution in [0.2, 0.25) is 0 Å². The molecule has 3 nitrogen and oxygen atoms in total. The van der Waals surface area contributed by atoms with Crippen molar-refractivity contribution < 1.29 is 9.59 Å². The summed E-state index contributed by atoms with van der Waals surface area (Å²) >= 11 is 0. The molecule has 1 N–H and O–H groups in total. The fourth-order valence-corrected chi connectivity index (χ4v) is 3.43. The van der Waals surface area contributed by atoms with Gasteiger partial charge in [-0.25, -0.2) is 0 Å². The third-order valence-electron chi connectivity index (χ3n) is 4.29. The molecule has 3 heteroatoms. The average Bonchev–Trinajstić information content (AvgIpc) is 2.46. The maximum atomic E-state index is 12.5. The van der Waals surface area contributed by atoms with Crippen LogP contribution in [0.5, 0.6) is 0 Å². The van der Waals surface area contributed by atoms with Crippen LogP contribution < -0.4 is 5.32 Å². The van der Waals surface area contributed by atoms with E-state index in [1.807, 2.05) is 37.3 Å². The molecule has 0 amide bonds. The summed E-state index contributed by atoms with van der Waals surface area (Å²) in [5.74, 6) is -0.0182. The summed E-state index contributed by atoms with van der Waals surface area (Å²) < 4.78 is 0. The van der Waals surface area contributed by atoms with E-state index in [-0.39, 0.29) is 17.5 Å². The van der Waals surface area contributed by atoms with Crippen LogP contribution in [-0.4, -0.2) is 11.6 Å². The molecule has 1 aromatic carbocycles. The van der Waals surface area contributed by atoms with Gasteiger partial charge in [0.2, 0.25) is 0 Å². The van der Waals surface area contributed by atoms with E-state index in [2.05, 4.69) is 5.32 Å². The highest BCUT2D eigenvalue weighted by molar-refractivity contribution is 6.05. The Bertz CT molecular complexity index is 668. The molecule has 1 heterocycles. The number of carbonyl (C=O) groups excluding carboxylic acids is 2. The van der Waals surface area contributed by atoms with Crippen LogP contribution in [0.1, 0.15) is 44.6 Å². The monoisotopic (exact) mass is 281 g/mol. The molecule has 3 rings (SSSR count). The lowest BCUT2D eigenvalue weighted by molar-refractivity contribution is -0.116. The first-order valence-electron chi connectivity index (χ1n) is 7.39. The lowest BCUT2D eigenvalue weighted by atomic mass is 9.74. The Balaban J connectivity index is 2.20. The number of allylic oxidation sites excluding steroid dienone is 4. The Labute approximate surface area is 124 Å². The topological polar surface area (TPSA) is 46.2 Å². The molecular formula is C18H19NO2. The van der Waals surface area contributed by atoms with E-state index < -0.39 is 0 Å². The molecule has 0 saturated heterocycles. The van der Waals surface area contributed by atoms with Crippen LogP contribution in [0, 0.1) is 0 Å². The van der Waals surface area contributed by atoms with Gasteiger partial charge in [0, 0.05) is 34.9 Å². The van der Waals surface area contributed by atoms with Gasteiger partial charge >= 0.3 is 0 Å². The molecule has 2 aliphatic rings. The van der Waals surface area contributed by atoms with Gasteiger partial charge in [-0.15, -0.1) is 0 Å². The van der Waals surface area contributed by atoms with Crippen LogP contribution in [-0.2, 0) is 9.59 Å². The normalized spacial score (nSPS) is 22.0. The minimum absolute atomic E-state index is 0.0266. The van der Waals surface area contributed by atoms with E-state index >= 15 is 0 Å². The highest BCUT2D eigenvalue weighted by Crippen LogP contribution is 2.42. The first-order valence-corrected chi connectivity index (χ1v) is 7.39. The van der Waals surface area contributed by atoms with Gasteiger partial charge in [0.05, 0.1) is 0 Å². The van der Waals surface area contributed by atoms with Crippen molar-refractivity contribution in [2.24, 2.45) is 0 Å². The highest BCUT2D eigenvalue weighted by Gasteiger charge is 2.36. The number of dihydropyridines is 1. The summed E-state index contributed by atoms with van der Waals surface area (Å²) in [4.78, 5) is 24.6. The van der Waals surface area contributed by atoms with Crippen molar-refractivity contribution in [2.75, 3.05) is 0 Å². The van der Waals surface area contributed by atoms with Gasteiger partial charge in [-0.3, -0.25) is 9.59 Å².